The molecule has 0 fully saturated rings. The number of aromatic nitrogens is 1. The van der Waals surface area contributed by atoms with E-state index in [1.165, 1.54) is 0 Å². The fourth-order valence-corrected chi connectivity index (χ4v) is 2.47. The number of anilines is 1. The lowest BCUT2D eigenvalue weighted by Gasteiger charge is -2.15. The number of rotatable bonds is 6. The molecule has 0 spiro atoms. The Kier molecular flexibility index (Phi) is 7.84. The summed E-state index contributed by atoms with van der Waals surface area (Å²) < 4.78 is 10.6. The van der Waals surface area contributed by atoms with Crippen molar-refractivity contribution in [2.75, 3.05) is 26.1 Å². The van der Waals surface area contributed by atoms with Crippen LogP contribution in [-0.2, 0) is 6.42 Å². The smallest absolute Gasteiger partial charge is 0.189 e. The number of nitrogens with zero attached hydrogens (tertiary/aromatic N) is 1. The first-order valence-corrected chi connectivity index (χ1v) is 8.66. The molecule has 1 heterocycles. The maximum absolute atomic E-state index is 5.36. The average Bonchev–Trinajstić information content (AvgIpc) is 2.67. The molecule has 0 saturated heterocycles. The predicted octanol–water partition coefficient (Wildman–Crippen LogP) is 2.01. The number of thiocarbonyl (C=S) groups is 2. The van der Waals surface area contributed by atoms with Crippen LogP contribution in [0.4, 0.5) is 5.69 Å². The second kappa shape index (κ2) is 10.4. The van der Waals surface area contributed by atoms with E-state index in [4.69, 9.17) is 33.9 Å². The van der Waals surface area contributed by atoms with Gasteiger partial charge in [-0.25, -0.2) is 0 Å². The van der Waals surface area contributed by atoms with Crippen LogP contribution in [0.25, 0.3) is 0 Å². The largest absolute Gasteiger partial charge is 0.497 e. The first-order valence-electron chi connectivity index (χ1n) is 7.84. The molecule has 2 rings (SSSR count). The lowest BCUT2D eigenvalue weighted by Crippen LogP contribution is -2.48. The lowest BCUT2D eigenvalue weighted by atomic mass is 10.1. The van der Waals surface area contributed by atoms with Gasteiger partial charge < -0.3 is 20.1 Å². The summed E-state index contributed by atoms with van der Waals surface area (Å²) in [6.07, 6.45) is 4.09. The highest BCUT2D eigenvalue weighted by Gasteiger charge is 2.05. The van der Waals surface area contributed by atoms with Crippen LogP contribution in [0, 0.1) is 0 Å². The summed E-state index contributed by atoms with van der Waals surface area (Å²) >= 11 is 10.4. The van der Waals surface area contributed by atoms with Crippen LogP contribution >= 0.6 is 24.4 Å². The van der Waals surface area contributed by atoms with Gasteiger partial charge in [0.05, 0.1) is 26.1 Å². The standard InChI is InChI=1S/C17H21N5O2S2/c1-23-14-5-6-15(24-2)12(10-14)7-9-19-16(25)21-22-17(26)20-13-4-3-8-18-11-13/h3-6,8,10-11H,7,9H2,1-2H3,(H2,19,21,25)(H2,20,22,26). The minimum atomic E-state index is 0.386. The Labute approximate surface area is 163 Å². The molecule has 0 aliphatic carbocycles. The summed E-state index contributed by atoms with van der Waals surface area (Å²) in [7, 11) is 3.28. The van der Waals surface area contributed by atoms with Crippen molar-refractivity contribution in [1.29, 1.82) is 0 Å². The van der Waals surface area contributed by atoms with E-state index in [9.17, 15) is 0 Å². The summed E-state index contributed by atoms with van der Waals surface area (Å²) in [4.78, 5) is 4.00. The highest BCUT2D eigenvalue weighted by molar-refractivity contribution is 7.80. The second-order valence-electron chi connectivity index (χ2n) is 5.13. The van der Waals surface area contributed by atoms with Crippen molar-refractivity contribution < 1.29 is 9.47 Å². The highest BCUT2D eigenvalue weighted by Crippen LogP contribution is 2.24. The number of hydrogen-bond donors (Lipinski definition) is 4. The quantitative estimate of drug-likeness (QED) is 0.437. The number of ether oxygens (including phenoxy) is 2. The minimum Gasteiger partial charge on any atom is -0.497 e. The Balaban J connectivity index is 1.73. The number of benzene rings is 1. The first kappa shape index (κ1) is 19.7. The van der Waals surface area contributed by atoms with Crippen LogP contribution in [0.1, 0.15) is 5.56 Å². The maximum atomic E-state index is 5.36. The summed E-state index contributed by atoms with van der Waals surface area (Å²) in [6, 6.07) is 9.37. The van der Waals surface area contributed by atoms with Crippen molar-refractivity contribution in [2.45, 2.75) is 6.42 Å². The van der Waals surface area contributed by atoms with Gasteiger partial charge in [0.25, 0.3) is 0 Å². The molecule has 0 atom stereocenters. The molecule has 0 bridgehead atoms. The Morgan fingerprint density at radius 2 is 1.88 bits per heavy atom. The molecule has 1 aromatic heterocycles. The summed E-state index contributed by atoms with van der Waals surface area (Å²) in [5.74, 6) is 1.60. The van der Waals surface area contributed by atoms with Crippen molar-refractivity contribution in [3.63, 3.8) is 0 Å². The van der Waals surface area contributed by atoms with Gasteiger partial charge in [0.1, 0.15) is 11.5 Å². The van der Waals surface area contributed by atoms with Crippen LogP contribution in [0.3, 0.4) is 0 Å². The molecule has 26 heavy (non-hydrogen) atoms. The molecule has 0 amide bonds. The fourth-order valence-electron chi connectivity index (χ4n) is 2.14. The third-order valence-corrected chi connectivity index (χ3v) is 3.83. The van der Waals surface area contributed by atoms with E-state index in [0.29, 0.717) is 16.8 Å². The van der Waals surface area contributed by atoms with Gasteiger partial charge in [0.2, 0.25) is 0 Å². The van der Waals surface area contributed by atoms with Crippen molar-refractivity contribution in [2.24, 2.45) is 0 Å². The zero-order chi connectivity index (χ0) is 18.8. The van der Waals surface area contributed by atoms with Crippen molar-refractivity contribution in [3.8, 4) is 11.5 Å². The van der Waals surface area contributed by atoms with Crippen LogP contribution in [0.2, 0.25) is 0 Å². The third kappa shape index (κ3) is 6.34. The monoisotopic (exact) mass is 391 g/mol. The Morgan fingerprint density at radius 1 is 1.08 bits per heavy atom. The predicted molar refractivity (Wildman–Crippen MR) is 111 cm³/mol. The van der Waals surface area contributed by atoms with Crippen LogP contribution in [0.15, 0.2) is 42.7 Å². The van der Waals surface area contributed by atoms with Gasteiger partial charge in [0, 0.05) is 12.7 Å². The summed E-state index contributed by atoms with van der Waals surface area (Å²) in [5.41, 5.74) is 7.46. The molecular weight excluding hydrogens is 370 g/mol. The van der Waals surface area contributed by atoms with E-state index in [1.807, 2.05) is 30.3 Å². The number of methoxy groups -OCH3 is 2. The summed E-state index contributed by atoms with van der Waals surface area (Å²) in [5, 5.41) is 6.90. The fraction of sp³-hybridized carbons (Fsp3) is 0.235. The molecule has 7 nitrogen and oxygen atoms in total. The van der Waals surface area contributed by atoms with Gasteiger partial charge in [-0.15, -0.1) is 0 Å². The number of pyridine rings is 1. The van der Waals surface area contributed by atoms with Crippen LogP contribution in [-0.4, -0.2) is 36.0 Å². The number of hydrazine groups is 1. The maximum Gasteiger partial charge on any atom is 0.189 e. The minimum absolute atomic E-state index is 0.386. The van der Waals surface area contributed by atoms with Gasteiger partial charge in [-0.1, -0.05) is 0 Å². The Morgan fingerprint density at radius 3 is 2.58 bits per heavy atom. The van der Waals surface area contributed by atoms with E-state index in [-0.39, 0.29) is 0 Å². The number of nitrogens with one attached hydrogen (secondary N) is 4. The Hall–Kier alpha value is -2.65. The van der Waals surface area contributed by atoms with E-state index in [2.05, 4.69) is 26.5 Å². The zero-order valence-electron chi connectivity index (χ0n) is 14.5. The molecule has 0 saturated carbocycles. The molecule has 0 radical (unpaired) electrons. The van der Waals surface area contributed by atoms with Gasteiger partial charge in [-0.3, -0.25) is 15.8 Å². The first-order chi connectivity index (χ1) is 12.6. The van der Waals surface area contributed by atoms with Crippen LogP contribution < -0.4 is 31.0 Å². The van der Waals surface area contributed by atoms with E-state index < -0.39 is 0 Å². The topological polar surface area (TPSA) is 79.5 Å². The molecule has 4 N–H and O–H groups in total. The van der Waals surface area contributed by atoms with E-state index >= 15 is 0 Å². The molecule has 0 aliphatic heterocycles. The third-order valence-electron chi connectivity index (χ3n) is 3.38. The Bertz CT molecular complexity index is 743. The normalized spacial score (nSPS) is 9.77. The van der Waals surface area contributed by atoms with Gasteiger partial charge in [-0.2, -0.15) is 0 Å². The average molecular weight is 392 g/mol. The molecule has 2 aromatic rings. The molecule has 0 aliphatic rings. The van der Waals surface area contributed by atoms with Crippen molar-refractivity contribution in [1.82, 2.24) is 21.2 Å². The van der Waals surface area contributed by atoms with E-state index in [1.54, 1.807) is 26.6 Å². The zero-order valence-corrected chi connectivity index (χ0v) is 16.2. The molecule has 1 aromatic carbocycles. The highest BCUT2D eigenvalue weighted by atomic mass is 32.1. The second-order valence-corrected chi connectivity index (χ2v) is 5.95. The van der Waals surface area contributed by atoms with Crippen LogP contribution in [0.5, 0.6) is 11.5 Å². The van der Waals surface area contributed by atoms with E-state index in [0.717, 1.165) is 29.2 Å². The summed E-state index contributed by atoms with van der Waals surface area (Å²) in [6.45, 7) is 0.625. The van der Waals surface area contributed by atoms with Crippen molar-refractivity contribution in [3.05, 3.63) is 48.3 Å². The van der Waals surface area contributed by atoms with Gasteiger partial charge in [-0.05, 0) is 66.8 Å². The lowest BCUT2D eigenvalue weighted by molar-refractivity contribution is 0.398. The molecule has 9 heteroatoms. The molecule has 0 unspecified atom stereocenters. The van der Waals surface area contributed by atoms with Gasteiger partial charge in [0.15, 0.2) is 10.2 Å². The molecular formula is C17H21N5O2S2. The van der Waals surface area contributed by atoms with Gasteiger partial charge >= 0.3 is 0 Å². The van der Waals surface area contributed by atoms with Crippen molar-refractivity contribution >= 4 is 40.3 Å². The number of hydrogen-bond acceptors (Lipinski definition) is 5. The molecule has 138 valence electrons. The SMILES string of the molecule is COc1ccc(OC)c(CCNC(=S)NNC(=S)Nc2cccnc2)c1.